The molecular weight excluding hydrogens is 486 g/mol. The van der Waals surface area contributed by atoms with E-state index in [2.05, 4.69) is 10.4 Å². The first-order valence-electron chi connectivity index (χ1n) is 12.2. The molecule has 1 aliphatic heterocycles. The molecule has 9 heteroatoms. The first-order chi connectivity index (χ1) is 18.5. The maximum absolute atomic E-state index is 13.3. The van der Waals surface area contributed by atoms with Crippen molar-refractivity contribution in [3.8, 4) is 23.0 Å². The molecule has 4 rings (SSSR count). The van der Waals surface area contributed by atoms with Gasteiger partial charge >= 0.3 is 0 Å². The SMILES string of the molecule is COc1ccc(C2CC(c3ccccc3)=NN2C(=O)CCC(=O)Nc2cc(OC)c(OC)c(OC)c2)cc1. The number of ether oxygens (including phenoxy) is 4. The molecule has 198 valence electrons. The summed E-state index contributed by atoms with van der Waals surface area (Å²) < 4.78 is 21.3. The second-order valence-corrected chi connectivity index (χ2v) is 8.61. The minimum atomic E-state index is -0.319. The maximum Gasteiger partial charge on any atom is 0.243 e. The summed E-state index contributed by atoms with van der Waals surface area (Å²) in [6.45, 7) is 0. The number of benzene rings is 3. The van der Waals surface area contributed by atoms with Crippen LogP contribution < -0.4 is 24.3 Å². The number of hydrogen-bond donors (Lipinski definition) is 1. The molecule has 0 saturated carbocycles. The van der Waals surface area contributed by atoms with Crippen LogP contribution in [-0.4, -0.2) is 51.0 Å². The van der Waals surface area contributed by atoms with Crippen LogP contribution in [0.5, 0.6) is 23.0 Å². The molecule has 1 aliphatic rings. The summed E-state index contributed by atoms with van der Waals surface area (Å²) >= 11 is 0. The molecule has 0 bridgehead atoms. The van der Waals surface area contributed by atoms with Gasteiger partial charge in [0.1, 0.15) is 5.75 Å². The van der Waals surface area contributed by atoms with Gasteiger partial charge in [-0.1, -0.05) is 42.5 Å². The van der Waals surface area contributed by atoms with Crippen molar-refractivity contribution in [2.24, 2.45) is 5.10 Å². The summed E-state index contributed by atoms with van der Waals surface area (Å²) in [4.78, 5) is 26.1. The molecule has 1 heterocycles. The summed E-state index contributed by atoms with van der Waals surface area (Å²) in [7, 11) is 6.12. The summed E-state index contributed by atoms with van der Waals surface area (Å²) in [5, 5.41) is 8.98. The topological polar surface area (TPSA) is 98.7 Å². The Hall–Kier alpha value is -4.53. The molecule has 0 spiro atoms. The number of carbonyl (C=O) groups excluding carboxylic acids is 2. The van der Waals surface area contributed by atoms with Gasteiger partial charge in [0.15, 0.2) is 11.5 Å². The van der Waals surface area contributed by atoms with E-state index >= 15 is 0 Å². The van der Waals surface area contributed by atoms with E-state index < -0.39 is 0 Å². The normalized spacial score (nSPS) is 14.5. The van der Waals surface area contributed by atoms with E-state index in [9.17, 15) is 9.59 Å². The Labute approximate surface area is 222 Å². The van der Waals surface area contributed by atoms with Gasteiger partial charge in [-0.25, -0.2) is 5.01 Å². The van der Waals surface area contributed by atoms with Crippen molar-refractivity contribution >= 4 is 23.2 Å². The van der Waals surface area contributed by atoms with Crippen molar-refractivity contribution in [1.29, 1.82) is 0 Å². The molecule has 1 unspecified atom stereocenters. The Morgan fingerprint density at radius 3 is 2.11 bits per heavy atom. The first kappa shape index (κ1) is 26.5. The van der Waals surface area contributed by atoms with Gasteiger partial charge in [0.2, 0.25) is 17.6 Å². The van der Waals surface area contributed by atoms with Crippen molar-refractivity contribution in [2.75, 3.05) is 33.8 Å². The maximum atomic E-state index is 13.3. The lowest BCUT2D eigenvalue weighted by Crippen LogP contribution is -2.28. The zero-order valence-corrected chi connectivity index (χ0v) is 21.9. The number of anilines is 1. The summed E-state index contributed by atoms with van der Waals surface area (Å²) in [6, 6.07) is 20.4. The van der Waals surface area contributed by atoms with Crippen molar-refractivity contribution < 1.29 is 28.5 Å². The van der Waals surface area contributed by atoms with Gasteiger partial charge < -0.3 is 24.3 Å². The number of methoxy groups -OCH3 is 4. The van der Waals surface area contributed by atoms with Crippen LogP contribution >= 0.6 is 0 Å². The molecule has 3 aromatic carbocycles. The highest BCUT2D eigenvalue weighted by molar-refractivity contribution is 6.03. The molecule has 3 aromatic rings. The second-order valence-electron chi connectivity index (χ2n) is 8.61. The molecule has 38 heavy (non-hydrogen) atoms. The monoisotopic (exact) mass is 517 g/mol. The third-order valence-corrected chi connectivity index (χ3v) is 6.29. The fourth-order valence-electron chi connectivity index (χ4n) is 4.34. The van der Waals surface area contributed by atoms with Crippen molar-refractivity contribution in [1.82, 2.24) is 5.01 Å². The zero-order chi connectivity index (χ0) is 27.1. The Morgan fingerprint density at radius 1 is 0.868 bits per heavy atom. The highest BCUT2D eigenvalue weighted by Gasteiger charge is 2.33. The van der Waals surface area contributed by atoms with E-state index in [0.29, 0.717) is 29.4 Å². The molecule has 0 aromatic heterocycles. The van der Waals surface area contributed by atoms with E-state index in [0.717, 1.165) is 22.6 Å². The first-order valence-corrected chi connectivity index (χ1v) is 12.2. The Kier molecular flexibility index (Phi) is 8.47. The molecule has 0 radical (unpaired) electrons. The summed E-state index contributed by atoms with van der Waals surface area (Å²) in [5.74, 6) is 1.43. The molecular formula is C29H31N3O6. The second kappa shape index (κ2) is 12.1. The van der Waals surface area contributed by atoms with Crippen molar-refractivity contribution in [3.05, 3.63) is 77.9 Å². The summed E-state index contributed by atoms with van der Waals surface area (Å²) in [6.07, 6.45) is 0.547. The minimum Gasteiger partial charge on any atom is -0.497 e. The fraction of sp³-hybridized carbons (Fsp3) is 0.276. The quantitative estimate of drug-likeness (QED) is 0.414. The van der Waals surface area contributed by atoms with E-state index in [4.69, 9.17) is 18.9 Å². The number of carbonyl (C=O) groups is 2. The van der Waals surface area contributed by atoms with Crippen LogP contribution in [0.15, 0.2) is 71.8 Å². The number of hydrogen-bond acceptors (Lipinski definition) is 7. The van der Waals surface area contributed by atoms with Crippen molar-refractivity contribution in [3.63, 3.8) is 0 Å². The van der Waals surface area contributed by atoms with E-state index in [1.54, 1.807) is 19.2 Å². The van der Waals surface area contributed by atoms with Gasteiger partial charge in [0.25, 0.3) is 0 Å². The zero-order valence-electron chi connectivity index (χ0n) is 21.9. The number of amides is 2. The third kappa shape index (κ3) is 5.88. The molecule has 1 N–H and O–H groups in total. The fourth-order valence-corrected chi connectivity index (χ4v) is 4.34. The molecule has 0 fully saturated rings. The lowest BCUT2D eigenvalue weighted by atomic mass is 9.98. The van der Waals surface area contributed by atoms with Gasteiger partial charge in [0, 0.05) is 37.1 Å². The minimum absolute atomic E-state index is 0.00547. The molecule has 1 atom stereocenters. The highest BCUT2D eigenvalue weighted by Crippen LogP contribution is 2.40. The number of nitrogens with one attached hydrogen (secondary N) is 1. The number of nitrogens with zero attached hydrogens (tertiary/aromatic N) is 2. The van der Waals surface area contributed by atoms with Gasteiger partial charge in [-0.15, -0.1) is 0 Å². The van der Waals surface area contributed by atoms with Crippen LogP contribution in [0.2, 0.25) is 0 Å². The van der Waals surface area contributed by atoms with Crippen LogP contribution in [0.4, 0.5) is 5.69 Å². The Balaban J connectivity index is 1.48. The molecule has 0 aliphatic carbocycles. The number of hydrazone groups is 1. The largest absolute Gasteiger partial charge is 0.497 e. The Morgan fingerprint density at radius 2 is 1.53 bits per heavy atom. The van der Waals surface area contributed by atoms with Crippen LogP contribution in [0.25, 0.3) is 0 Å². The number of rotatable bonds is 10. The van der Waals surface area contributed by atoms with Crippen LogP contribution in [0, 0.1) is 0 Å². The van der Waals surface area contributed by atoms with Gasteiger partial charge in [-0.2, -0.15) is 5.10 Å². The highest BCUT2D eigenvalue weighted by atomic mass is 16.5. The lowest BCUT2D eigenvalue weighted by Gasteiger charge is -2.22. The van der Waals surface area contributed by atoms with E-state index in [1.165, 1.54) is 26.3 Å². The average molecular weight is 518 g/mol. The molecule has 2 amide bonds. The molecule has 9 nitrogen and oxygen atoms in total. The molecule has 0 saturated heterocycles. The average Bonchev–Trinajstić information content (AvgIpc) is 3.41. The van der Waals surface area contributed by atoms with Gasteiger partial charge in [-0.3, -0.25) is 9.59 Å². The predicted molar refractivity (Wildman–Crippen MR) is 144 cm³/mol. The Bertz CT molecular complexity index is 1280. The van der Waals surface area contributed by atoms with Crippen LogP contribution in [0.1, 0.15) is 36.4 Å². The third-order valence-electron chi connectivity index (χ3n) is 6.29. The lowest BCUT2D eigenvalue weighted by molar-refractivity contribution is -0.134. The summed E-state index contributed by atoms with van der Waals surface area (Å²) in [5.41, 5.74) is 3.19. The van der Waals surface area contributed by atoms with E-state index in [1.807, 2.05) is 54.6 Å². The van der Waals surface area contributed by atoms with Gasteiger partial charge in [0.05, 0.1) is 40.2 Å². The standard InChI is InChI=1S/C29H31N3O6/c1-35-22-12-10-20(11-13-22)24-18-23(19-8-6-5-7-9-19)31-32(24)28(34)15-14-27(33)30-21-16-25(36-2)29(38-4)26(17-21)37-3/h5-13,16-17,24H,14-15,18H2,1-4H3,(H,30,33). The van der Waals surface area contributed by atoms with Gasteiger partial charge in [-0.05, 0) is 23.3 Å². The van der Waals surface area contributed by atoms with Crippen LogP contribution in [-0.2, 0) is 9.59 Å². The van der Waals surface area contributed by atoms with Crippen molar-refractivity contribution in [2.45, 2.75) is 25.3 Å². The van der Waals surface area contributed by atoms with E-state index in [-0.39, 0.29) is 30.7 Å². The predicted octanol–water partition coefficient (Wildman–Crippen LogP) is 4.82. The van der Waals surface area contributed by atoms with Crippen LogP contribution in [0.3, 0.4) is 0 Å². The smallest absolute Gasteiger partial charge is 0.243 e.